The van der Waals surface area contributed by atoms with Crippen LogP contribution in [0.3, 0.4) is 0 Å². The first-order valence-corrected chi connectivity index (χ1v) is 4.66. The van der Waals surface area contributed by atoms with Crippen LogP contribution in [-0.2, 0) is 0 Å². The molecule has 78 valence electrons. The Hall–Kier alpha value is -1.46. The Morgan fingerprint density at radius 2 is 2.40 bits per heavy atom. The van der Waals surface area contributed by atoms with Gasteiger partial charge in [0.15, 0.2) is 0 Å². The molecule has 2 atom stereocenters. The fourth-order valence-electron chi connectivity index (χ4n) is 1.36. The van der Waals surface area contributed by atoms with Crippen LogP contribution < -0.4 is 9.68 Å². The Morgan fingerprint density at radius 3 is 3.07 bits per heavy atom. The van der Waals surface area contributed by atoms with Crippen LogP contribution in [0.25, 0.3) is 5.43 Å². The molecule has 2 aliphatic rings. The normalized spacial score (nSPS) is 28.8. The summed E-state index contributed by atoms with van der Waals surface area (Å²) >= 11 is 5.80. The van der Waals surface area contributed by atoms with Gasteiger partial charge in [-0.05, 0) is 10.7 Å². The van der Waals surface area contributed by atoms with E-state index in [1.165, 1.54) is 12.2 Å². The highest BCUT2D eigenvalue weighted by molar-refractivity contribution is 6.62. The lowest BCUT2D eigenvalue weighted by atomic mass is 10.1. The average molecular weight is 228 g/mol. The van der Waals surface area contributed by atoms with E-state index in [1.807, 2.05) is 0 Å². The number of amidine groups is 1. The van der Waals surface area contributed by atoms with Gasteiger partial charge >= 0.3 is 11.0 Å². The monoisotopic (exact) mass is 227 g/mol. The standard InChI is InChI=1S/C8H8ClN4O2/c1-12-8(9)10-6-3-2-5(13(14)15)4-7(6)11-12/h2-4,7,12H,1H3/q+1. The molecule has 0 spiro atoms. The van der Waals surface area contributed by atoms with Crippen molar-refractivity contribution in [1.82, 2.24) is 4.67 Å². The zero-order chi connectivity index (χ0) is 11.0. The largest absolute Gasteiger partial charge is 0.548 e. The number of hydrogen-bond acceptors (Lipinski definition) is 2. The smallest absolute Gasteiger partial charge is 0.425 e. The number of nitro groups is 1. The van der Waals surface area contributed by atoms with Gasteiger partial charge in [0.05, 0.1) is 23.6 Å². The van der Waals surface area contributed by atoms with Gasteiger partial charge in [0, 0.05) is 18.2 Å². The lowest BCUT2D eigenvalue weighted by Gasteiger charge is -2.27. The fourth-order valence-corrected chi connectivity index (χ4v) is 1.50. The van der Waals surface area contributed by atoms with Crippen molar-refractivity contribution in [1.29, 1.82) is 0 Å². The zero-order valence-corrected chi connectivity index (χ0v) is 8.60. The minimum Gasteiger partial charge on any atom is -0.425 e. The summed E-state index contributed by atoms with van der Waals surface area (Å²) in [7, 11) is 1.72. The predicted molar refractivity (Wildman–Crippen MR) is 56.3 cm³/mol. The van der Waals surface area contributed by atoms with E-state index in [0.29, 0.717) is 16.0 Å². The van der Waals surface area contributed by atoms with Crippen LogP contribution in [0.2, 0.25) is 0 Å². The van der Waals surface area contributed by atoms with Gasteiger partial charge in [0.2, 0.25) is 0 Å². The molecule has 6 nitrogen and oxygen atoms in total. The quantitative estimate of drug-likeness (QED) is 0.270. The number of fused-ring (bicyclic) bond motifs is 1. The van der Waals surface area contributed by atoms with Gasteiger partial charge in [-0.3, -0.25) is 15.1 Å². The van der Waals surface area contributed by atoms with Gasteiger partial charge in [0.1, 0.15) is 0 Å². The second-order valence-corrected chi connectivity index (χ2v) is 3.53. The van der Waals surface area contributed by atoms with Crippen molar-refractivity contribution >= 4 is 22.6 Å². The number of nitrogens with one attached hydrogen (secondary N) is 1. The molecule has 0 saturated carbocycles. The van der Waals surface area contributed by atoms with Crippen LogP contribution in [0, 0.1) is 10.1 Å². The molecule has 1 aliphatic carbocycles. The third kappa shape index (κ3) is 1.84. The molecule has 1 heterocycles. The maximum absolute atomic E-state index is 10.5. The van der Waals surface area contributed by atoms with Gasteiger partial charge in [-0.1, -0.05) is 0 Å². The molecule has 1 N–H and O–H groups in total. The number of halogens is 1. The van der Waals surface area contributed by atoms with Crippen LogP contribution in [0.1, 0.15) is 0 Å². The lowest BCUT2D eigenvalue weighted by Crippen LogP contribution is -3.08. The Balaban J connectivity index is 2.40. The number of nitrogens with zero attached hydrogens (tertiary/aromatic N) is 3. The van der Waals surface area contributed by atoms with Crippen molar-refractivity contribution in [2.75, 3.05) is 7.05 Å². The average Bonchev–Trinajstić information content (AvgIpc) is 2.19. The molecule has 2 unspecified atom stereocenters. The van der Waals surface area contributed by atoms with Crippen molar-refractivity contribution in [3.8, 4) is 0 Å². The van der Waals surface area contributed by atoms with Crippen LogP contribution >= 0.6 is 11.6 Å². The summed E-state index contributed by atoms with van der Waals surface area (Å²) in [4.78, 5) is 10.1. The summed E-state index contributed by atoms with van der Waals surface area (Å²) in [5.41, 5.74) is 4.87. The summed E-state index contributed by atoms with van der Waals surface area (Å²) in [6, 6.07) is -0.377. The van der Waals surface area contributed by atoms with Crippen molar-refractivity contribution in [3.63, 3.8) is 0 Å². The van der Waals surface area contributed by atoms with E-state index in [9.17, 15) is 10.1 Å². The van der Waals surface area contributed by atoms with Gasteiger partial charge in [-0.25, -0.2) is 0 Å². The van der Waals surface area contributed by atoms with Crippen LogP contribution in [-0.4, -0.2) is 29.0 Å². The third-order valence-electron chi connectivity index (χ3n) is 2.13. The van der Waals surface area contributed by atoms with Crippen LogP contribution in [0.5, 0.6) is 0 Å². The Morgan fingerprint density at radius 1 is 1.67 bits per heavy atom. The summed E-state index contributed by atoms with van der Waals surface area (Å²) in [6.07, 6.45) is 4.43. The minimum atomic E-state index is -0.446. The Bertz CT molecular complexity index is 448. The van der Waals surface area contributed by atoms with E-state index in [1.54, 1.807) is 13.1 Å². The van der Waals surface area contributed by atoms with E-state index in [0.717, 1.165) is 0 Å². The molecule has 0 bridgehead atoms. The molecule has 2 rings (SSSR count). The second-order valence-electron chi connectivity index (χ2n) is 3.17. The number of hydrogen-bond donors (Lipinski definition) is 1. The lowest BCUT2D eigenvalue weighted by molar-refractivity contribution is -0.737. The van der Waals surface area contributed by atoms with Gasteiger partial charge in [-0.15, -0.1) is 0 Å². The van der Waals surface area contributed by atoms with Crippen molar-refractivity contribution in [2.45, 2.75) is 6.04 Å². The Labute approximate surface area is 90.4 Å². The molecule has 0 saturated heterocycles. The summed E-state index contributed by atoms with van der Waals surface area (Å²) < 4.78 is 4.09. The minimum absolute atomic E-state index is 0.0357. The van der Waals surface area contributed by atoms with Gasteiger partial charge in [0.25, 0.3) is 5.70 Å². The highest BCUT2D eigenvalue weighted by Gasteiger charge is 2.30. The molecular formula is C8H8ClN4O2+. The van der Waals surface area contributed by atoms with Crippen LogP contribution in [0.15, 0.2) is 23.9 Å². The molecule has 1 aliphatic heterocycles. The fraction of sp³-hybridized carbons (Fsp3) is 0.250. The molecule has 0 aromatic heterocycles. The second kappa shape index (κ2) is 3.60. The van der Waals surface area contributed by atoms with Gasteiger partial charge < -0.3 is 5.43 Å². The first kappa shape index (κ1) is 10.1. The molecule has 0 amide bonds. The third-order valence-corrected chi connectivity index (χ3v) is 2.48. The van der Waals surface area contributed by atoms with Crippen molar-refractivity contribution in [2.24, 2.45) is 0 Å². The van der Waals surface area contributed by atoms with E-state index in [4.69, 9.17) is 11.6 Å². The first-order chi connectivity index (χ1) is 7.08. The summed E-state index contributed by atoms with van der Waals surface area (Å²) in [5, 5.41) is 11.5. The van der Waals surface area contributed by atoms with E-state index >= 15 is 0 Å². The summed E-state index contributed by atoms with van der Waals surface area (Å²) in [5.74, 6) is 0. The van der Waals surface area contributed by atoms with E-state index in [-0.39, 0.29) is 11.7 Å². The first-order valence-electron chi connectivity index (χ1n) is 4.28. The number of allylic oxidation sites excluding steroid dienone is 1. The topological polar surface area (TPSA) is 75.8 Å². The van der Waals surface area contributed by atoms with E-state index in [2.05, 4.69) is 10.1 Å². The van der Waals surface area contributed by atoms with Crippen molar-refractivity contribution in [3.05, 3.63) is 39.5 Å². The number of rotatable bonds is 1. The molecule has 0 fully saturated rings. The van der Waals surface area contributed by atoms with Gasteiger partial charge in [-0.2, -0.15) is 0 Å². The van der Waals surface area contributed by atoms with Crippen LogP contribution in [0.4, 0.5) is 0 Å². The maximum atomic E-state index is 10.5. The van der Waals surface area contributed by atoms with E-state index < -0.39 is 4.92 Å². The molecular weight excluding hydrogens is 220 g/mol. The molecule has 15 heavy (non-hydrogen) atoms. The SMILES string of the molecule is C[NH+]1[N-]C2C=C([N+](=O)[O-])C=CC2=[N+]=C1Cl. The molecule has 0 aromatic rings. The molecule has 7 heteroatoms. The predicted octanol–water partition coefficient (Wildman–Crippen LogP) is -0.995. The molecule has 0 radical (unpaired) electrons. The maximum Gasteiger partial charge on any atom is 0.548 e. The zero-order valence-electron chi connectivity index (χ0n) is 7.85. The number of quaternary nitrogens is 1. The summed E-state index contributed by atoms with van der Waals surface area (Å²) in [6.45, 7) is 0. The highest BCUT2D eigenvalue weighted by Crippen LogP contribution is 2.13. The molecule has 0 aromatic carbocycles. The highest BCUT2D eigenvalue weighted by atomic mass is 35.5. The van der Waals surface area contributed by atoms with Crippen molar-refractivity contribution < 1.29 is 9.93 Å². The Kier molecular flexibility index (Phi) is 2.42.